The van der Waals surface area contributed by atoms with Crippen LogP contribution in [0.25, 0.3) is 0 Å². The van der Waals surface area contributed by atoms with Crippen molar-refractivity contribution in [2.45, 2.75) is 38.8 Å². The molecule has 0 aromatic heterocycles. The molecule has 0 heterocycles. The van der Waals surface area contributed by atoms with E-state index < -0.39 is 11.7 Å². The summed E-state index contributed by atoms with van der Waals surface area (Å²) in [7, 11) is 0. The van der Waals surface area contributed by atoms with Crippen molar-refractivity contribution < 1.29 is 14.3 Å². The Morgan fingerprint density at radius 2 is 1.89 bits per heavy atom. The van der Waals surface area contributed by atoms with Crippen molar-refractivity contribution in [1.29, 1.82) is 0 Å². The fraction of sp³-hybridized carbons (Fsp3) is 0.692. The molecule has 2 rings (SSSR count). The third-order valence-electron chi connectivity index (χ3n) is 3.47. The molecule has 2 aliphatic rings. The maximum Gasteiger partial charge on any atom is 0.407 e. The fourth-order valence-corrected chi connectivity index (χ4v) is 2.85. The van der Waals surface area contributed by atoms with Crippen LogP contribution in [0.15, 0.2) is 12.2 Å². The second kappa shape index (κ2) is 4.30. The SMILES string of the molecule is CC(C)(C)OC(=O)NC1C(C(N)=O)[C@H]2C=C[C@@H]1C2. The highest BCUT2D eigenvalue weighted by atomic mass is 16.6. The summed E-state index contributed by atoms with van der Waals surface area (Å²) in [5.41, 5.74) is 4.87. The Bertz CT molecular complexity index is 398. The molecule has 3 N–H and O–H groups in total. The van der Waals surface area contributed by atoms with Gasteiger partial charge >= 0.3 is 6.09 Å². The number of nitrogens with two attached hydrogens (primary N) is 1. The number of primary amides is 1. The molecule has 5 heteroatoms. The average Bonchev–Trinajstić information content (AvgIpc) is 2.73. The molecule has 1 fully saturated rings. The van der Waals surface area contributed by atoms with Gasteiger partial charge in [-0.2, -0.15) is 0 Å². The Balaban J connectivity index is 2.02. The van der Waals surface area contributed by atoms with Crippen LogP contribution in [-0.2, 0) is 9.53 Å². The summed E-state index contributed by atoms with van der Waals surface area (Å²) in [6.07, 6.45) is 4.47. The second-order valence-corrected chi connectivity index (χ2v) is 6.05. The van der Waals surface area contributed by atoms with E-state index in [2.05, 4.69) is 5.32 Å². The lowest BCUT2D eigenvalue weighted by Crippen LogP contribution is -2.48. The summed E-state index contributed by atoms with van der Waals surface area (Å²) in [5, 5.41) is 2.79. The monoisotopic (exact) mass is 252 g/mol. The van der Waals surface area contributed by atoms with Crippen LogP contribution in [0, 0.1) is 17.8 Å². The molecule has 0 spiro atoms. The first-order valence-corrected chi connectivity index (χ1v) is 6.25. The number of ether oxygens (including phenoxy) is 1. The third-order valence-corrected chi connectivity index (χ3v) is 3.47. The first-order chi connectivity index (χ1) is 8.28. The molecule has 1 saturated carbocycles. The minimum atomic E-state index is -0.542. The molecular weight excluding hydrogens is 232 g/mol. The lowest BCUT2D eigenvalue weighted by atomic mass is 9.88. The van der Waals surface area contributed by atoms with Crippen LogP contribution in [0.1, 0.15) is 27.2 Å². The molecule has 2 bridgehead atoms. The Hall–Kier alpha value is -1.52. The third kappa shape index (κ3) is 2.49. The van der Waals surface area contributed by atoms with Crippen molar-refractivity contribution in [2.75, 3.05) is 0 Å². The minimum Gasteiger partial charge on any atom is -0.444 e. The normalized spacial score (nSPS) is 33.5. The van der Waals surface area contributed by atoms with Gasteiger partial charge in [-0.25, -0.2) is 4.79 Å². The zero-order chi connectivity index (χ0) is 13.5. The van der Waals surface area contributed by atoms with Crippen LogP contribution in [-0.4, -0.2) is 23.6 Å². The van der Waals surface area contributed by atoms with Crippen molar-refractivity contribution in [3.8, 4) is 0 Å². The molecule has 5 nitrogen and oxygen atoms in total. The van der Waals surface area contributed by atoms with Gasteiger partial charge in [0.05, 0.1) is 12.0 Å². The Labute approximate surface area is 107 Å². The van der Waals surface area contributed by atoms with E-state index in [1.54, 1.807) is 20.8 Å². The molecular formula is C13H20N2O3. The van der Waals surface area contributed by atoms with E-state index >= 15 is 0 Å². The van der Waals surface area contributed by atoms with Crippen LogP contribution in [0.5, 0.6) is 0 Å². The zero-order valence-corrected chi connectivity index (χ0v) is 11.0. The molecule has 100 valence electrons. The molecule has 4 atom stereocenters. The van der Waals surface area contributed by atoms with Gasteiger partial charge in [0, 0.05) is 0 Å². The first-order valence-electron chi connectivity index (χ1n) is 6.25. The van der Waals surface area contributed by atoms with Gasteiger partial charge in [0.15, 0.2) is 0 Å². The van der Waals surface area contributed by atoms with Crippen LogP contribution < -0.4 is 11.1 Å². The number of nitrogens with one attached hydrogen (secondary N) is 1. The van der Waals surface area contributed by atoms with Crippen molar-refractivity contribution in [1.82, 2.24) is 5.32 Å². The van der Waals surface area contributed by atoms with E-state index in [0.717, 1.165) is 6.42 Å². The van der Waals surface area contributed by atoms with Crippen LogP contribution >= 0.6 is 0 Å². The number of alkyl carbamates (subject to hydrolysis) is 1. The summed E-state index contributed by atoms with van der Waals surface area (Å²) in [5.74, 6) is -0.312. The van der Waals surface area contributed by atoms with Gasteiger partial charge in [-0.3, -0.25) is 4.79 Å². The summed E-state index contributed by atoms with van der Waals surface area (Å²) in [6.45, 7) is 5.41. The van der Waals surface area contributed by atoms with Crippen LogP contribution in [0.3, 0.4) is 0 Å². The van der Waals surface area contributed by atoms with Gasteiger partial charge < -0.3 is 15.8 Å². The van der Waals surface area contributed by atoms with Crippen molar-refractivity contribution in [3.05, 3.63) is 12.2 Å². The van der Waals surface area contributed by atoms with E-state index in [1.165, 1.54) is 0 Å². The summed E-state index contributed by atoms with van der Waals surface area (Å²) in [4.78, 5) is 23.2. The standard InChI is InChI=1S/C13H20N2O3/c1-13(2,3)18-12(17)15-10-8-5-4-7(6-8)9(10)11(14)16/h4-5,7-10H,6H2,1-3H3,(H2,14,16)(H,15,17)/t7-,8+,9?,10?/m0/s1. The molecule has 2 amide bonds. The smallest absolute Gasteiger partial charge is 0.407 e. The van der Waals surface area contributed by atoms with Crippen molar-refractivity contribution in [2.24, 2.45) is 23.5 Å². The van der Waals surface area contributed by atoms with E-state index in [0.29, 0.717) is 0 Å². The van der Waals surface area contributed by atoms with Crippen LogP contribution in [0.4, 0.5) is 4.79 Å². The number of rotatable bonds is 2. The Morgan fingerprint density at radius 1 is 1.28 bits per heavy atom. The predicted octanol–water partition coefficient (Wildman–Crippen LogP) is 1.19. The summed E-state index contributed by atoms with van der Waals surface area (Å²) in [6, 6.07) is -0.229. The number of allylic oxidation sites excluding steroid dienone is 1. The molecule has 0 saturated heterocycles. The minimum absolute atomic E-state index is 0.160. The highest BCUT2D eigenvalue weighted by Gasteiger charge is 2.48. The molecule has 18 heavy (non-hydrogen) atoms. The quantitative estimate of drug-likeness (QED) is 0.724. The topological polar surface area (TPSA) is 81.4 Å². The Morgan fingerprint density at radius 3 is 2.44 bits per heavy atom. The van der Waals surface area contributed by atoms with Gasteiger partial charge in [0.2, 0.25) is 5.91 Å². The molecule has 0 aliphatic heterocycles. The molecule has 0 aromatic carbocycles. The lowest BCUT2D eigenvalue weighted by molar-refractivity contribution is -0.123. The van der Waals surface area contributed by atoms with Crippen molar-refractivity contribution >= 4 is 12.0 Å². The number of amides is 2. The molecule has 0 radical (unpaired) electrons. The number of hydrogen-bond acceptors (Lipinski definition) is 3. The van der Waals surface area contributed by atoms with Gasteiger partial charge in [0.25, 0.3) is 0 Å². The predicted molar refractivity (Wildman–Crippen MR) is 66.6 cm³/mol. The summed E-state index contributed by atoms with van der Waals surface area (Å²) >= 11 is 0. The van der Waals surface area contributed by atoms with Crippen LogP contribution in [0.2, 0.25) is 0 Å². The maximum absolute atomic E-state index is 11.7. The molecule has 2 unspecified atom stereocenters. The molecule has 2 aliphatic carbocycles. The van der Waals surface area contributed by atoms with Crippen molar-refractivity contribution in [3.63, 3.8) is 0 Å². The molecule has 0 aromatic rings. The number of fused-ring (bicyclic) bond motifs is 2. The maximum atomic E-state index is 11.7. The van der Waals surface area contributed by atoms with E-state index in [9.17, 15) is 9.59 Å². The lowest BCUT2D eigenvalue weighted by Gasteiger charge is -2.28. The highest BCUT2D eigenvalue weighted by molar-refractivity contribution is 5.80. The first kappa shape index (κ1) is 12.9. The van der Waals surface area contributed by atoms with E-state index in [4.69, 9.17) is 10.5 Å². The zero-order valence-electron chi connectivity index (χ0n) is 11.0. The highest BCUT2D eigenvalue weighted by Crippen LogP contribution is 2.43. The van der Waals surface area contributed by atoms with Gasteiger partial charge in [0.1, 0.15) is 5.60 Å². The van der Waals surface area contributed by atoms with E-state index in [1.807, 2.05) is 12.2 Å². The van der Waals surface area contributed by atoms with Gasteiger partial charge in [-0.15, -0.1) is 0 Å². The summed E-state index contributed by atoms with van der Waals surface area (Å²) < 4.78 is 5.21. The fourth-order valence-electron chi connectivity index (χ4n) is 2.85. The number of carbonyl (C=O) groups is 2. The van der Waals surface area contributed by atoms with Gasteiger partial charge in [-0.05, 0) is 39.0 Å². The second-order valence-electron chi connectivity index (χ2n) is 6.05. The largest absolute Gasteiger partial charge is 0.444 e. The average molecular weight is 252 g/mol. The Kier molecular flexibility index (Phi) is 3.09. The number of carbonyl (C=O) groups excluding carboxylic acids is 2. The van der Waals surface area contributed by atoms with E-state index in [-0.39, 0.29) is 29.7 Å². The van der Waals surface area contributed by atoms with Gasteiger partial charge in [-0.1, -0.05) is 12.2 Å². The number of hydrogen-bond donors (Lipinski definition) is 2.